The zero-order valence-electron chi connectivity index (χ0n) is 8.43. The SMILES string of the molecule is CC(=O)OCCN(CC(F)(F)F)C(C)=O. The van der Waals surface area contributed by atoms with Crippen molar-refractivity contribution in [1.29, 1.82) is 0 Å². The van der Waals surface area contributed by atoms with E-state index in [2.05, 4.69) is 4.74 Å². The number of hydrogen-bond donors (Lipinski definition) is 0. The van der Waals surface area contributed by atoms with E-state index in [4.69, 9.17) is 0 Å². The molecule has 1 amide bonds. The Labute approximate surface area is 85.0 Å². The highest BCUT2D eigenvalue weighted by molar-refractivity contribution is 5.73. The molecule has 0 bridgehead atoms. The molecule has 0 aliphatic heterocycles. The molecule has 4 nitrogen and oxygen atoms in total. The molecule has 0 N–H and O–H groups in total. The van der Waals surface area contributed by atoms with Crippen LogP contribution in [0.4, 0.5) is 13.2 Å². The molecule has 0 aromatic carbocycles. The lowest BCUT2D eigenvalue weighted by molar-refractivity contribution is -0.162. The lowest BCUT2D eigenvalue weighted by Crippen LogP contribution is -2.39. The summed E-state index contributed by atoms with van der Waals surface area (Å²) in [7, 11) is 0. The maximum atomic E-state index is 12.0. The van der Waals surface area contributed by atoms with Crippen LogP contribution in [0.2, 0.25) is 0 Å². The topological polar surface area (TPSA) is 46.6 Å². The van der Waals surface area contributed by atoms with Gasteiger partial charge in [-0.2, -0.15) is 13.2 Å². The second-order valence-corrected chi connectivity index (χ2v) is 2.90. The fraction of sp³-hybridized carbons (Fsp3) is 0.750. The van der Waals surface area contributed by atoms with Crippen LogP contribution >= 0.6 is 0 Å². The van der Waals surface area contributed by atoms with Crippen molar-refractivity contribution in [2.24, 2.45) is 0 Å². The molecule has 0 aliphatic rings. The van der Waals surface area contributed by atoms with E-state index < -0.39 is 24.6 Å². The summed E-state index contributed by atoms with van der Waals surface area (Å²) in [6, 6.07) is 0. The van der Waals surface area contributed by atoms with Crippen LogP contribution in [-0.2, 0) is 14.3 Å². The molecule has 0 spiro atoms. The van der Waals surface area contributed by atoms with Gasteiger partial charge in [0.15, 0.2) is 0 Å². The van der Waals surface area contributed by atoms with Crippen molar-refractivity contribution < 1.29 is 27.5 Å². The zero-order chi connectivity index (χ0) is 12.1. The normalized spacial score (nSPS) is 11.0. The number of carbonyl (C=O) groups is 2. The third-order valence-corrected chi connectivity index (χ3v) is 1.48. The van der Waals surface area contributed by atoms with Gasteiger partial charge in [0, 0.05) is 13.8 Å². The first-order valence-electron chi connectivity index (χ1n) is 4.18. The van der Waals surface area contributed by atoms with Crippen LogP contribution in [-0.4, -0.2) is 42.6 Å². The summed E-state index contributed by atoms with van der Waals surface area (Å²) >= 11 is 0. The number of alkyl halides is 3. The van der Waals surface area contributed by atoms with Gasteiger partial charge in [-0.15, -0.1) is 0 Å². The summed E-state index contributed by atoms with van der Waals surface area (Å²) in [5.74, 6) is -1.30. The molecule has 0 saturated carbocycles. The van der Waals surface area contributed by atoms with Gasteiger partial charge in [0.05, 0.1) is 6.54 Å². The average Bonchev–Trinajstić information content (AvgIpc) is 1.99. The summed E-state index contributed by atoms with van der Waals surface area (Å²) in [6.07, 6.45) is -4.44. The molecule has 0 saturated heterocycles. The first kappa shape index (κ1) is 13.7. The van der Waals surface area contributed by atoms with Crippen LogP contribution in [0.1, 0.15) is 13.8 Å². The smallest absolute Gasteiger partial charge is 0.406 e. The van der Waals surface area contributed by atoms with Gasteiger partial charge < -0.3 is 9.64 Å². The molecular formula is C8H12F3NO3. The molecule has 0 rings (SSSR count). The Morgan fingerprint density at radius 2 is 1.80 bits per heavy atom. The Morgan fingerprint density at radius 3 is 2.13 bits per heavy atom. The van der Waals surface area contributed by atoms with E-state index in [1.54, 1.807) is 0 Å². The molecule has 0 aromatic rings. The van der Waals surface area contributed by atoms with E-state index in [-0.39, 0.29) is 13.2 Å². The summed E-state index contributed by atoms with van der Waals surface area (Å²) in [4.78, 5) is 21.7. The number of carbonyl (C=O) groups excluding carboxylic acids is 2. The Hall–Kier alpha value is -1.27. The molecule has 0 radical (unpaired) electrons. The Balaban J connectivity index is 4.06. The van der Waals surface area contributed by atoms with Gasteiger partial charge in [0.2, 0.25) is 5.91 Å². The molecule has 0 fully saturated rings. The lowest BCUT2D eigenvalue weighted by atomic mass is 10.4. The van der Waals surface area contributed by atoms with Gasteiger partial charge in [-0.3, -0.25) is 9.59 Å². The molecular weight excluding hydrogens is 215 g/mol. The van der Waals surface area contributed by atoms with Gasteiger partial charge in [-0.05, 0) is 0 Å². The monoisotopic (exact) mass is 227 g/mol. The minimum atomic E-state index is -4.44. The highest BCUT2D eigenvalue weighted by Gasteiger charge is 2.31. The van der Waals surface area contributed by atoms with Crippen LogP contribution in [0.5, 0.6) is 0 Å². The molecule has 7 heteroatoms. The third-order valence-electron chi connectivity index (χ3n) is 1.48. The van der Waals surface area contributed by atoms with Crippen LogP contribution in [0.25, 0.3) is 0 Å². The summed E-state index contributed by atoms with van der Waals surface area (Å²) < 4.78 is 40.3. The molecule has 88 valence electrons. The molecule has 0 aromatic heterocycles. The molecule has 0 unspecified atom stereocenters. The van der Waals surface area contributed by atoms with E-state index in [0.29, 0.717) is 4.90 Å². The van der Waals surface area contributed by atoms with Crippen LogP contribution in [0.15, 0.2) is 0 Å². The standard InChI is InChI=1S/C8H12F3NO3/c1-6(13)12(5-8(9,10)11)3-4-15-7(2)14/h3-5H2,1-2H3. The second-order valence-electron chi connectivity index (χ2n) is 2.90. The largest absolute Gasteiger partial charge is 0.464 e. The number of rotatable bonds is 4. The molecule has 15 heavy (non-hydrogen) atoms. The van der Waals surface area contributed by atoms with Crippen molar-refractivity contribution in [2.45, 2.75) is 20.0 Å². The quantitative estimate of drug-likeness (QED) is 0.672. The third kappa shape index (κ3) is 7.77. The number of halogens is 3. The maximum absolute atomic E-state index is 12.0. The minimum Gasteiger partial charge on any atom is -0.464 e. The molecule has 0 atom stereocenters. The number of hydrogen-bond acceptors (Lipinski definition) is 3. The Bertz CT molecular complexity index is 240. The second kappa shape index (κ2) is 5.57. The van der Waals surface area contributed by atoms with Crippen molar-refractivity contribution in [3.05, 3.63) is 0 Å². The fourth-order valence-electron chi connectivity index (χ4n) is 0.864. The van der Waals surface area contributed by atoms with E-state index in [0.717, 1.165) is 13.8 Å². The van der Waals surface area contributed by atoms with Crippen molar-refractivity contribution >= 4 is 11.9 Å². The predicted molar refractivity (Wildman–Crippen MR) is 44.9 cm³/mol. The highest BCUT2D eigenvalue weighted by atomic mass is 19.4. The molecule has 0 aliphatic carbocycles. The summed E-state index contributed by atoms with van der Waals surface area (Å²) in [6.45, 7) is 0.352. The Morgan fingerprint density at radius 1 is 1.27 bits per heavy atom. The maximum Gasteiger partial charge on any atom is 0.406 e. The lowest BCUT2D eigenvalue weighted by Gasteiger charge is -2.21. The number of nitrogens with zero attached hydrogens (tertiary/aromatic N) is 1. The Kier molecular flexibility index (Phi) is 5.10. The van der Waals surface area contributed by atoms with Gasteiger partial charge in [0.1, 0.15) is 13.2 Å². The average molecular weight is 227 g/mol. The van der Waals surface area contributed by atoms with Gasteiger partial charge in [0.25, 0.3) is 0 Å². The fourth-order valence-corrected chi connectivity index (χ4v) is 0.864. The first-order chi connectivity index (χ1) is 6.72. The van der Waals surface area contributed by atoms with Crippen molar-refractivity contribution in [2.75, 3.05) is 19.7 Å². The summed E-state index contributed by atoms with van der Waals surface area (Å²) in [5, 5.41) is 0. The van der Waals surface area contributed by atoms with Crippen LogP contribution in [0, 0.1) is 0 Å². The number of amides is 1. The van der Waals surface area contributed by atoms with E-state index in [1.807, 2.05) is 0 Å². The molecule has 0 heterocycles. The number of ether oxygens (including phenoxy) is 1. The van der Waals surface area contributed by atoms with Gasteiger partial charge >= 0.3 is 12.1 Å². The zero-order valence-corrected chi connectivity index (χ0v) is 8.43. The van der Waals surface area contributed by atoms with Crippen molar-refractivity contribution in [1.82, 2.24) is 4.90 Å². The predicted octanol–water partition coefficient (Wildman–Crippen LogP) is 0.960. The minimum absolute atomic E-state index is 0.231. The van der Waals surface area contributed by atoms with Crippen molar-refractivity contribution in [3.63, 3.8) is 0 Å². The highest BCUT2D eigenvalue weighted by Crippen LogP contribution is 2.16. The van der Waals surface area contributed by atoms with Crippen LogP contribution in [0.3, 0.4) is 0 Å². The van der Waals surface area contributed by atoms with Gasteiger partial charge in [-0.1, -0.05) is 0 Å². The summed E-state index contributed by atoms with van der Waals surface area (Å²) in [5.41, 5.74) is 0. The van der Waals surface area contributed by atoms with E-state index in [1.165, 1.54) is 0 Å². The van der Waals surface area contributed by atoms with Crippen molar-refractivity contribution in [3.8, 4) is 0 Å². The van der Waals surface area contributed by atoms with E-state index in [9.17, 15) is 22.8 Å². The van der Waals surface area contributed by atoms with Gasteiger partial charge in [-0.25, -0.2) is 0 Å². The first-order valence-corrected chi connectivity index (χ1v) is 4.18. The van der Waals surface area contributed by atoms with Crippen LogP contribution < -0.4 is 0 Å². The van der Waals surface area contributed by atoms with E-state index >= 15 is 0 Å². The number of esters is 1.